The molecule has 2 aromatic carbocycles. The number of hydrogen-bond acceptors (Lipinski definition) is 3. The standard InChI is InChI=1S/C28H36ClN3O2/c29-26-11-4-9-24(20-26)28(34)32-16-5-10-25(21-32)27(33)30-14-6-15-31-17-12-23(13-18-31)19-22-7-2-1-3-8-22/h1-4,7-9,11,20,23,25H,5-6,10,12-19,21H2,(H,30,33). The number of nitrogens with zero attached hydrogens (tertiary/aromatic N) is 2. The van der Waals surface area contributed by atoms with Gasteiger partial charge in [-0.1, -0.05) is 48.0 Å². The van der Waals surface area contributed by atoms with Crippen molar-refractivity contribution >= 4 is 23.4 Å². The summed E-state index contributed by atoms with van der Waals surface area (Å²) >= 11 is 6.04. The van der Waals surface area contributed by atoms with Crippen molar-refractivity contribution in [3.8, 4) is 0 Å². The number of carbonyl (C=O) groups is 2. The van der Waals surface area contributed by atoms with Crippen LogP contribution in [0, 0.1) is 11.8 Å². The summed E-state index contributed by atoms with van der Waals surface area (Å²) in [5.74, 6) is 0.675. The lowest BCUT2D eigenvalue weighted by molar-refractivity contribution is -0.126. The van der Waals surface area contributed by atoms with Gasteiger partial charge in [-0.05, 0) is 87.8 Å². The van der Waals surface area contributed by atoms with Crippen molar-refractivity contribution in [3.63, 3.8) is 0 Å². The lowest BCUT2D eigenvalue weighted by Gasteiger charge is -2.33. The zero-order chi connectivity index (χ0) is 23.8. The highest BCUT2D eigenvalue weighted by molar-refractivity contribution is 6.30. The van der Waals surface area contributed by atoms with E-state index < -0.39 is 0 Å². The first-order chi connectivity index (χ1) is 16.6. The van der Waals surface area contributed by atoms with E-state index in [2.05, 4.69) is 40.5 Å². The SMILES string of the molecule is O=C(NCCCN1CCC(Cc2ccccc2)CC1)C1CCCN(C(=O)c2cccc(Cl)c2)C1. The Labute approximate surface area is 208 Å². The summed E-state index contributed by atoms with van der Waals surface area (Å²) in [6.07, 6.45) is 6.33. The van der Waals surface area contributed by atoms with Crippen LogP contribution in [0.3, 0.4) is 0 Å². The molecule has 2 aromatic rings. The highest BCUT2D eigenvalue weighted by atomic mass is 35.5. The van der Waals surface area contributed by atoms with Gasteiger partial charge in [0.15, 0.2) is 0 Å². The summed E-state index contributed by atoms with van der Waals surface area (Å²) in [5.41, 5.74) is 2.03. The third-order valence-corrected chi connectivity index (χ3v) is 7.41. The number of benzene rings is 2. The summed E-state index contributed by atoms with van der Waals surface area (Å²) in [6, 6.07) is 17.8. The number of rotatable bonds is 8. The van der Waals surface area contributed by atoms with Crippen LogP contribution >= 0.6 is 11.6 Å². The maximum atomic E-state index is 12.8. The van der Waals surface area contributed by atoms with E-state index in [1.54, 1.807) is 29.2 Å². The normalized spacial score (nSPS) is 19.7. The largest absolute Gasteiger partial charge is 0.356 e. The summed E-state index contributed by atoms with van der Waals surface area (Å²) in [6.45, 7) is 5.19. The molecule has 2 amide bonds. The molecule has 1 atom stereocenters. The van der Waals surface area contributed by atoms with Crippen molar-refractivity contribution < 1.29 is 9.59 Å². The van der Waals surface area contributed by atoms with Gasteiger partial charge in [-0.15, -0.1) is 0 Å². The molecule has 2 aliphatic heterocycles. The zero-order valence-electron chi connectivity index (χ0n) is 19.9. The first-order valence-corrected chi connectivity index (χ1v) is 13.0. The molecule has 0 aromatic heterocycles. The molecule has 1 N–H and O–H groups in total. The molecule has 1 unspecified atom stereocenters. The average molecular weight is 482 g/mol. The fourth-order valence-corrected chi connectivity index (χ4v) is 5.39. The second-order valence-electron chi connectivity index (χ2n) is 9.72. The zero-order valence-corrected chi connectivity index (χ0v) is 20.7. The minimum absolute atomic E-state index is 0.0457. The molecule has 2 saturated heterocycles. The van der Waals surface area contributed by atoms with Crippen LogP contribution in [-0.2, 0) is 11.2 Å². The Morgan fingerprint density at radius 3 is 2.53 bits per heavy atom. The number of piperidine rings is 2. The number of nitrogens with one attached hydrogen (secondary N) is 1. The van der Waals surface area contributed by atoms with Gasteiger partial charge in [0.05, 0.1) is 5.92 Å². The Hall–Kier alpha value is -2.37. The number of amides is 2. The highest BCUT2D eigenvalue weighted by Gasteiger charge is 2.29. The van der Waals surface area contributed by atoms with E-state index in [0.717, 1.165) is 44.8 Å². The molecule has 0 radical (unpaired) electrons. The monoisotopic (exact) mass is 481 g/mol. The topological polar surface area (TPSA) is 52.7 Å². The van der Waals surface area contributed by atoms with Gasteiger partial charge in [0, 0.05) is 30.2 Å². The fourth-order valence-electron chi connectivity index (χ4n) is 5.20. The second-order valence-corrected chi connectivity index (χ2v) is 10.2. The molecular formula is C28H36ClN3O2. The second kappa shape index (κ2) is 12.4. The molecule has 182 valence electrons. The van der Waals surface area contributed by atoms with Gasteiger partial charge in [0.2, 0.25) is 5.91 Å². The van der Waals surface area contributed by atoms with Gasteiger partial charge in [0.1, 0.15) is 0 Å². The van der Waals surface area contributed by atoms with Crippen LogP contribution in [0.25, 0.3) is 0 Å². The fraction of sp³-hybridized carbons (Fsp3) is 0.500. The summed E-state index contributed by atoms with van der Waals surface area (Å²) in [5, 5.41) is 3.67. The first-order valence-electron chi connectivity index (χ1n) is 12.7. The Bertz CT molecular complexity index is 944. The summed E-state index contributed by atoms with van der Waals surface area (Å²) < 4.78 is 0. The Morgan fingerprint density at radius 1 is 0.971 bits per heavy atom. The highest BCUT2D eigenvalue weighted by Crippen LogP contribution is 2.22. The van der Waals surface area contributed by atoms with Gasteiger partial charge < -0.3 is 15.1 Å². The van der Waals surface area contributed by atoms with Gasteiger partial charge in [-0.3, -0.25) is 9.59 Å². The number of hydrogen-bond donors (Lipinski definition) is 1. The van der Waals surface area contributed by atoms with E-state index in [9.17, 15) is 9.59 Å². The van der Waals surface area contributed by atoms with E-state index in [0.29, 0.717) is 30.2 Å². The molecule has 6 heteroatoms. The third kappa shape index (κ3) is 7.07. The van der Waals surface area contributed by atoms with E-state index in [1.165, 1.54) is 24.8 Å². The molecule has 0 spiro atoms. The summed E-state index contributed by atoms with van der Waals surface area (Å²) in [4.78, 5) is 29.9. The minimum atomic E-state index is -0.134. The first kappa shape index (κ1) is 24.7. The van der Waals surface area contributed by atoms with Crippen LogP contribution in [0.5, 0.6) is 0 Å². The summed E-state index contributed by atoms with van der Waals surface area (Å²) in [7, 11) is 0. The number of likely N-dealkylation sites (tertiary alicyclic amines) is 2. The molecule has 2 fully saturated rings. The van der Waals surface area contributed by atoms with E-state index in [4.69, 9.17) is 11.6 Å². The van der Waals surface area contributed by atoms with Crippen molar-refractivity contribution in [2.24, 2.45) is 11.8 Å². The molecule has 0 aliphatic carbocycles. The van der Waals surface area contributed by atoms with Crippen LogP contribution in [-0.4, -0.2) is 60.9 Å². The Balaban J connectivity index is 1.13. The van der Waals surface area contributed by atoms with Crippen molar-refractivity contribution in [3.05, 3.63) is 70.7 Å². The Kier molecular flexibility index (Phi) is 9.00. The maximum Gasteiger partial charge on any atom is 0.253 e. The van der Waals surface area contributed by atoms with Gasteiger partial charge in [-0.25, -0.2) is 0 Å². The van der Waals surface area contributed by atoms with Crippen LogP contribution in [0.15, 0.2) is 54.6 Å². The molecule has 4 rings (SSSR count). The predicted octanol–water partition coefficient (Wildman–Crippen LogP) is 4.65. The lowest BCUT2D eigenvalue weighted by atomic mass is 9.90. The van der Waals surface area contributed by atoms with Crippen molar-refractivity contribution in [1.29, 1.82) is 0 Å². The maximum absolute atomic E-state index is 12.8. The van der Waals surface area contributed by atoms with E-state index in [-0.39, 0.29) is 17.7 Å². The molecule has 2 heterocycles. The van der Waals surface area contributed by atoms with Crippen LogP contribution < -0.4 is 5.32 Å². The lowest BCUT2D eigenvalue weighted by Crippen LogP contribution is -2.45. The van der Waals surface area contributed by atoms with E-state index in [1.807, 2.05) is 0 Å². The van der Waals surface area contributed by atoms with Gasteiger partial charge in [0.25, 0.3) is 5.91 Å². The van der Waals surface area contributed by atoms with Crippen molar-refractivity contribution in [2.75, 3.05) is 39.3 Å². The van der Waals surface area contributed by atoms with Crippen molar-refractivity contribution in [1.82, 2.24) is 15.1 Å². The molecule has 0 saturated carbocycles. The van der Waals surface area contributed by atoms with Gasteiger partial charge >= 0.3 is 0 Å². The molecule has 0 bridgehead atoms. The van der Waals surface area contributed by atoms with Crippen LogP contribution in [0.1, 0.15) is 48.0 Å². The Morgan fingerprint density at radius 2 is 1.76 bits per heavy atom. The van der Waals surface area contributed by atoms with E-state index >= 15 is 0 Å². The smallest absolute Gasteiger partial charge is 0.253 e. The molecular weight excluding hydrogens is 446 g/mol. The van der Waals surface area contributed by atoms with Crippen LogP contribution in [0.4, 0.5) is 0 Å². The number of halogens is 1. The molecule has 34 heavy (non-hydrogen) atoms. The molecule has 5 nitrogen and oxygen atoms in total. The average Bonchev–Trinajstić information content (AvgIpc) is 2.87. The molecule has 2 aliphatic rings. The number of carbonyl (C=O) groups excluding carboxylic acids is 2. The third-order valence-electron chi connectivity index (χ3n) is 7.18. The van der Waals surface area contributed by atoms with Gasteiger partial charge in [-0.2, -0.15) is 0 Å². The minimum Gasteiger partial charge on any atom is -0.356 e. The van der Waals surface area contributed by atoms with Crippen molar-refractivity contribution in [2.45, 2.75) is 38.5 Å². The quantitative estimate of drug-likeness (QED) is 0.558. The van der Waals surface area contributed by atoms with Crippen LogP contribution in [0.2, 0.25) is 5.02 Å². The predicted molar refractivity (Wildman–Crippen MR) is 137 cm³/mol.